The standard InChI is InChI=1S/C22H28F2N4O/c1-2-25-22(26-15-18-5-3-4-6-20(18)24)27-16-21(28-11-13-29-14-12-28)17-7-9-19(23)10-8-17/h3-10,21H,2,11-16H2,1H3,(H2,25,26,27). The molecule has 3 rings (SSSR count). The van der Waals surface area contributed by atoms with Gasteiger partial charge in [-0.1, -0.05) is 30.3 Å². The zero-order valence-corrected chi connectivity index (χ0v) is 16.7. The lowest BCUT2D eigenvalue weighted by Gasteiger charge is -2.35. The van der Waals surface area contributed by atoms with Crippen LogP contribution in [0.4, 0.5) is 8.78 Å². The van der Waals surface area contributed by atoms with E-state index in [1.807, 2.05) is 19.1 Å². The minimum atomic E-state index is -0.260. The molecule has 1 fully saturated rings. The molecule has 0 aromatic heterocycles. The highest BCUT2D eigenvalue weighted by Gasteiger charge is 2.23. The molecule has 1 aliphatic heterocycles. The number of ether oxygens (including phenoxy) is 1. The van der Waals surface area contributed by atoms with E-state index in [0.29, 0.717) is 37.8 Å². The summed E-state index contributed by atoms with van der Waals surface area (Å²) >= 11 is 0. The van der Waals surface area contributed by atoms with E-state index in [9.17, 15) is 8.78 Å². The highest BCUT2D eigenvalue weighted by atomic mass is 19.1. The van der Waals surface area contributed by atoms with E-state index in [2.05, 4.69) is 20.5 Å². The molecule has 0 saturated carbocycles. The first kappa shape index (κ1) is 21.2. The lowest BCUT2D eigenvalue weighted by Crippen LogP contribution is -2.46. The van der Waals surface area contributed by atoms with Crippen LogP contribution in [0.3, 0.4) is 0 Å². The fourth-order valence-electron chi connectivity index (χ4n) is 3.36. The molecule has 29 heavy (non-hydrogen) atoms. The molecule has 1 heterocycles. The number of hydrogen-bond donors (Lipinski definition) is 2. The van der Waals surface area contributed by atoms with Crippen LogP contribution in [-0.4, -0.2) is 50.3 Å². The van der Waals surface area contributed by atoms with E-state index in [4.69, 9.17) is 4.74 Å². The van der Waals surface area contributed by atoms with Gasteiger partial charge in [0.2, 0.25) is 0 Å². The molecule has 2 aromatic rings. The van der Waals surface area contributed by atoms with Crippen molar-refractivity contribution >= 4 is 5.96 Å². The Hall–Kier alpha value is -2.51. The predicted molar refractivity (Wildman–Crippen MR) is 111 cm³/mol. The number of halogens is 2. The van der Waals surface area contributed by atoms with Gasteiger partial charge >= 0.3 is 0 Å². The van der Waals surface area contributed by atoms with Gasteiger partial charge in [-0.2, -0.15) is 0 Å². The fourth-order valence-corrected chi connectivity index (χ4v) is 3.36. The summed E-state index contributed by atoms with van der Waals surface area (Å²) in [7, 11) is 0. The van der Waals surface area contributed by atoms with Crippen LogP contribution in [0.1, 0.15) is 24.1 Å². The lowest BCUT2D eigenvalue weighted by atomic mass is 10.0. The number of nitrogens with zero attached hydrogens (tertiary/aromatic N) is 2. The van der Waals surface area contributed by atoms with Crippen molar-refractivity contribution < 1.29 is 13.5 Å². The van der Waals surface area contributed by atoms with Crippen molar-refractivity contribution in [3.8, 4) is 0 Å². The Labute approximate surface area is 170 Å². The third kappa shape index (κ3) is 6.24. The molecule has 7 heteroatoms. The highest BCUT2D eigenvalue weighted by Crippen LogP contribution is 2.21. The van der Waals surface area contributed by atoms with Gasteiger partial charge in [-0.05, 0) is 30.7 Å². The fraction of sp³-hybridized carbons (Fsp3) is 0.409. The zero-order valence-electron chi connectivity index (χ0n) is 16.7. The van der Waals surface area contributed by atoms with Gasteiger partial charge in [-0.25, -0.2) is 13.8 Å². The smallest absolute Gasteiger partial charge is 0.191 e. The minimum absolute atomic E-state index is 0.0526. The van der Waals surface area contributed by atoms with Crippen molar-refractivity contribution in [2.45, 2.75) is 19.5 Å². The van der Waals surface area contributed by atoms with Crippen LogP contribution in [0.2, 0.25) is 0 Å². The molecule has 1 atom stereocenters. The van der Waals surface area contributed by atoms with Crippen molar-refractivity contribution in [3.05, 3.63) is 71.3 Å². The van der Waals surface area contributed by atoms with Crippen molar-refractivity contribution in [1.82, 2.24) is 15.5 Å². The maximum atomic E-state index is 13.9. The summed E-state index contributed by atoms with van der Waals surface area (Å²) in [4.78, 5) is 6.84. The van der Waals surface area contributed by atoms with E-state index >= 15 is 0 Å². The topological polar surface area (TPSA) is 48.9 Å². The Morgan fingerprint density at radius 3 is 2.48 bits per heavy atom. The van der Waals surface area contributed by atoms with Crippen molar-refractivity contribution in [1.29, 1.82) is 0 Å². The largest absolute Gasteiger partial charge is 0.379 e. The van der Waals surface area contributed by atoms with Gasteiger partial charge in [0.15, 0.2) is 5.96 Å². The lowest BCUT2D eigenvalue weighted by molar-refractivity contribution is 0.0170. The molecule has 0 amide bonds. The number of morpholine rings is 1. The van der Waals surface area contributed by atoms with Gasteiger partial charge in [0.1, 0.15) is 11.6 Å². The maximum Gasteiger partial charge on any atom is 0.191 e. The molecular formula is C22H28F2N4O. The number of rotatable bonds is 7. The van der Waals surface area contributed by atoms with Crippen LogP contribution in [-0.2, 0) is 11.3 Å². The molecule has 2 aromatic carbocycles. The first-order valence-electron chi connectivity index (χ1n) is 10.00. The Balaban J connectivity index is 1.71. The first-order valence-corrected chi connectivity index (χ1v) is 10.00. The van der Waals surface area contributed by atoms with Gasteiger partial charge in [0.25, 0.3) is 0 Å². The van der Waals surface area contributed by atoms with E-state index in [0.717, 1.165) is 18.7 Å². The van der Waals surface area contributed by atoms with Crippen LogP contribution in [0.25, 0.3) is 0 Å². The van der Waals surface area contributed by atoms with Gasteiger partial charge in [0.05, 0.1) is 25.8 Å². The first-order chi connectivity index (χ1) is 14.2. The summed E-state index contributed by atoms with van der Waals surface area (Å²) in [5.41, 5.74) is 1.58. The van der Waals surface area contributed by atoms with Crippen molar-refractivity contribution in [3.63, 3.8) is 0 Å². The van der Waals surface area contributed by atoms with E-state index in [1.54, 1.807) is 18.2 Å². The monoisotopic (exact) mass is 402 g/mol. The van der Waals surface area contributed by atoms with E-state index < -0.39 is 0 Å². The molecule has 2 N–H and O–H groups in total. The van der Waals surface area contributed by atoms with Gasteiger partial charge in [-0.3, -0.25) is 4.90 Å². The summed E-state index contributed by atoms with van der Waals surface area (Å²) in [6, 6.07) is 13.3. The number of benzene rings is 2. The quantitative estimate of drug-likeness (QED) is 0.552. The molecular weight excluding hydrogens is 374 g/mol. The highest BCUT2D eigenvalue weighted by molar-refractivity contribution is 5.79. The summed E-state index contributed by atoms with van der Waals surface area (Å²) in [6.07, 6.45) is 0. The SMILES string of the molecule is CCNC(=NCc1ccccc1F)NCC(c1ccc(F)cc1)N1CCOCC1. The molecule has 0 bridgehead atoms. The van der Waals surface area contributed by atoms with Crippen molar-refractivity contribution in [2.24, 2.45) is 4.99 Å². The van der Waals surface area contributed by atoms with Gasteiger partial charge < -0.3 is 15.4 Å². The summed E-state index contributed by atoms with van der Waals surface area (Å²) in [5.74, 6) is 0.114. The number of aliphatic imine (C=N–C) groups is 1. The second-order valence-electron chi connectivity index (χ2n) is 6.88. The van der Waals surface area contributed by atoms with E-state index in [1.165, 1.54) is 18.2 Å². The molecule has 156 valence electrons. The second kappa shape index (κ2) is 10.9. The zero-order chi connectivity index (χ0) is 20.5. The molecule has 1 aliphatic rings. The van der Waals surface area contributed by atoms with Crippen LogP contribution >= 0.6 is 0 Å². The molecule has 0 spiro atoms. The van der Waals surface area contributed by atoms with Crippen molar-refractivity contribution in [2.75, 3.05) is 39.4 Å². The number of guanidine groups is 1. The Morgan fingerprint density at radius 2 is 1.79 bits per heavy atom. The summed E-state index contributed by atoms with van der Waals surface area (Å²) in [6.45, 7) is 6.51. The molecule has 0 radical (unpaired) electrons. The Kier molecular flexibility index (Phi) is 7.95. The molecule has 1 unspecified atom stereocenters. The molecule has 0 aliphatic carbocycles. The summed E-state index contributed by atoms with van der Waals surface area (Å²) in [5, 5.41) is 6.57. The average molecular weight is 402 g/mol. The average Bonchev–Trinajstić information content (AvgIpc) is 2.75. The third-order valence-corrected chi connectivity index (χ3v) is 4.91. The van der Waals surface area contributed by atoms with Crippen LogP contribution in [0, 0.1) is 11.6 Å². The minimum Gasteiger partial charge on any atom is -0.379 e. The predicted octanol–water partition coefficient (Wildman–Crippen LogP) is 3.09. The second-order valence-corrected chi connectivity index (χ2v) is 6.88. The van der Waals surface area contributed by atoms with Crippen LogP contribution in [0.5, 0.6) is 0 Å². The van der Waals surface area contributed by atoms with Crippen LogP contribution in [0.15, 0.2) is 53.5 Å². The maximum absolute atomic E-state index is 13.9. The summed E-state index contributed by atoms with van der Waals surface area (Å²) < 4.78 is 32.7. The number of nitrogens with one attached hydrogen (secondary N) is 2. The third-order valence-electron chi connectivity index (χ3n) is 4.91. The van der Waals surface area contributed by atoms with Gasteiger partial charge in [0, 0.05) is 31.7 Å². The molecule has 5 nitrogen and oxygen atoms in total. The normalized spacial score (nSPS) is 16.4. The Morgan fingerprint density at radius 1 is 1.07 bits per heavy atom. The van der Waals surface area contributed by atoms with E-state index in [-0.39, 0.29) is 24.2 Å². The number of hydrogen-bond acceptors (Lipinski definition) is 3. The van der Waals surface area contributed by atoms with Crippen LogP contribution < -0.4 is 10.6 Å². The molecule has 1 saturated heterocycles. The Bertz CT molecular complexity index is 792. The van der Waals surface area contributed by atoms with Gasteiger partial charge in [-0.15, -0.1) is 0 Å².